The molecule has 0 amide bonds. The Morgan fingerprint density at radius 3 is 2.65 bits per heavy atom. The highest BCUT2D eigenvalue weighted by Gasteiger charge is 2.10. The van der Waals surface area contributed by atoms with Crippen molar-refractivity contribution in [1.29, 1.82) is 0 Å². The van der Waals surface area contributed by atoms with Gasteiger partial charge in [-0.05, 0) is 44.0 Å². The molecule has 10 heteroatoms. The Morgan fingerprint density at radius 2 is 1.97 bits per heavy atom. The summed E-state index contributed by atoms with van der Waals surface area (Å²) in [4.78, 5) is 7.05. The number of ether oxygens (including phenoxy) is 1. The SMILES string of the molecule is Cc1ccc(CN=C(NCCCN2CCOCC2)NCc2nnc(C)n2C)cc1F.I. The molecule has 8 nitrogen and oxygen atoms in total. The van der Waals surface area contributed by atoms with E-state index in [4.69, 9.17) is 4.74 Å². The Hall–Kier alpha value is -1.79. The first-order valence-corrected chi connectivity index (χ1v) is 10.4. The number of hydrogen-bond acceptors (Lipinski definition) is 5. The van der Waals surface area contributed by atoms with Crippen LogP contribution in [0.25, 0.3) is 0 Å². The predicted octanol–water partition coefficient (Wildman–Crippen LogP) is 2.15. The minimum absolute atomic E-state index is 0. The van der Waals surface area contributed by atoms with E-state index in [9.17, 15) is 4.39 Å². The molecule has 3 rings (SSSR count). The number of rotatable bonds is 8. The minimum Gasteiger partial charge on any atom is -0.379 e. The topological polar surface area (TPSA) is 79.6 Å². The van der Waals surface area contributed by atoms with Crippen LogP contribution in [0.2, 0.25) is 0 Å². The van der Waals surface area contributed by atoms with Crippen LogP contribution >= 0.6 is 24.0 Å². The number of nitrogens with one attached hydrogen (secondary N) is 2. The molecule has 0 spiro atoms. The first-order valence-electron chi connectivity index (χ1n) is 10.4. The van der Waals surface area contributed by atoms with Crippen molar-refractivity contribution in [1.82, 2.24) is 30.3 Å². The van der Waals surface area contributed by atoms with Gasteiger partial charge < -0.3 is 19.9 Å². The molecule has 0 bridgehead atoms. The Labute approximate surface area is 200 Å². The third kappa shape index (κ3) is 8.00. The molecule has 2 aromatic rings. The van der Waals surface area contributed by atoms with Gasteiger partial charge in [-0.25, -0.2) is 9.38 Å². The second-order valence-corrected chi connectivity index (χ2v) is 7.56. The number of morpholine rings is 1. The lowest BCUT2D eigenvalue weighted by Gasteiger charge is -2.26. The standard InChI is InChI=1S/C21H32FN7O.HI/c1-16-5-6-18(13-19(16)22)14-24-21(25-15-20-27-26-17(2)28(20)3)23-7-4-8-29-9-11-30-12-10-29;/h5-6,13H,4,7-12,14-15H2,1-3H3,(H2,23,24,25);1H. The average molecular weight is 545 g/mol. The Balaban J connectivity index is 0.00000341. The number of nitrogens with zero attached hydrogens (tertiary/aromatic N) is 5. The molecule has 0 aliphatic carbocycles. The lowest BCUT2D eigenvalue weighted by molar-refractivity contribution is 0.0376. The zero-order chi connectivity index (χ0) is 21.3. The van der Waals surface area contributed by atoms with Crippen LogP contribution in [0.5, 0.6) is 0 Å². The van der Waals surface area contributed by atoms with Crippen molar-refractivity contribution in [3.05, 3.63) is 46.8 Å². The van der Waals surface area contributed by atoms with Gasteiger partial charge in [-0.3, -0.25) is 4.90 Å². The monoisotopic (exact) mass is 545 g/mol. The van der Waals surface area contributed by atoms with E-state index in [1.165, 1.54) is 0 Å². The minimum atomic E-state index is -0.203. The van der Waals surface area contributed by atoms with Crippen molar-refractivity contribution < 1.29 is 9.13 Å². The highest BCUT2D eigenvalue weighted by Crippen LogP contribution is 2.10. The summed E-state index contributed by atoms with van der Waals surface area (Å²) in [7, 11) is 1.94. The predicted molar refractivity (Wildman–Crippen MR) is 130 cm³/mol. The highest BCUT2D eigenvalue weighted by atomic mass is 127. The summed E-state index contributed by atoms with van der Waals surface area (Å²) in [5.41, 5.74) is 1.47. The fraction of sp³-hybridized carbons (Fsp3) is 0.571. The van der Waals surface area contributed by atoms with Crippen LogP contribution in [0, 0.1) is 19.7 Å². The maximum absolute atomic E-state index is 13.8. The van der Waals surface area contributed by atoms with E-state index in [2.05, 4.69) is 30.7 Å². The van der Waals surface area contributed by atoms with Crippen LogP contribution in [0.3, 0.4) is 0 Å². The van der Waals surface area contributed by atoms with Crippen molar-refractivity contribution >= 4 is 29.9 Å². The van der Waals surface area contributed by atoms with E-state index in [0.29, 0.717) is 24.6 Å². The molecule has 0 unspecified atom stereocenters. The summed E-state index contributed by atoms with van der Waals surface area (Å²) in [6.45, 7) is 10.0. The Morgan fingerprint density at radius 1 is 1.19 bits per heavy atom. The molecular formula is C21H33FIN7O. The highest BCUT2D eigenvalue weighted by molar-refractivity contribution is 14.0. The van der Waals surface area contributed by atoms with E-state index < -0.39 is 0 Å². The van der Waals surface area contributed by atoms with Crippen molar-refractivity contribution in [3.8, 4) is 0 Å². The number of hydrogen-bond donors (Lipinski definition) is 2. The molecule has 1 saturated heterocycles. The molecule has 1 aromatic carbocycles. The van der Waals surface area contributed by atoms with E-state index >= 15 is 0 Å². The molecule has 0 saturated carbocycles. The van der Waals surface area contributed by atoms with Crippen LogP contribution in [-0.4, -0.2) is 65.0 Å². The first-order chi connectivity index (χ1) is 14.5. The fourth-order valence-corrected chi connectivity index (χ4v) is 3.18. The molecule has 31 heavy (non-hydrogen) atoms. The van der Waals surface area contributed by atoms with Crippen molar-refractivity contribution in [2.75, 3.05) is 39.4 Å². The summed E-state index contributed by atoms with van der Waals surface area (Å²) in [6.07, 6.45) is 1.00. The number of benzene rings is 1. The summed E-state index contributed by atoms with van der Waals surface area (Å²) in [5.74, 6) is 2.17. The maximum atomic E-state index is 13.8. The molecule has 1 aliphatic rings. The zero-order valence-corrected chi connectivity index (χ0v) is 20.9. The molecule has 172 valence electrons. The Kier molecular flexibility index (Phi) is 10.6. The number of aliphatic imine (C=N–C) groups is 1. The van der Waals surface area contributed by atoms with Crippen LogP contribution in [0.15, 0.2) is 23.2 Å². The van der Waals surface area contributed by atoms with Gasteiger partial charge in [0.25, 0.3) is 0 Å². The molecule has 1 aliphatic heterocycles. The third-order valence-electron chi connectivity index (χ3n) is 5.30. The maximum Gasteiger partial charge on any atom is 0.191 e. The lowest BCUT2D eigenvalue weighted by atomic mass is 10.1. The van der Waals surface area contributed by atoms with Crippen molar-refractivity contribution in [2.24, 2.45) is 12.0 Å². The Bertz CT molecular complexity index is 852. The van der Waals surface area contributed by atoms with Crippen molar-refractivity contribution in [3.63, 3.8) is 0 Å². The van der Waals surface area contributed by atoms with Gasteiger partial charge in [0.2, 0.25) is 0 Å². The molecular weight excluding hydrogens is 512 g/mol. The van der Waals surface area contributed by atoms with Gasteiger partial charge in [-0.15, -0.1) is 34.2 Å². The van der Waals surface area contributed by atoms with Crippen LogP contribution in [0.4, 0.5) is 4.39 Å². The largest absolute Gasteiger partial charge is 0.379 e. The summed E-state index contributed by atoms with van der Waals surface area (Å²) < 4.78 is 21.2. The van der Waals surface area contributed by atoms with Gasteiger partial charge in [-0.2, -0.15) is 0 Å². The zero-order valence-electron chi connectivity index (χ0n) is 18.5. The van der Waals surface area contributed by atoms with Crippen LogP contribution in [-0.2, 0) is 24.9 Å². The number of aromatic nitrogens is 3. The van der Waals surface area contributed by atoms with Crippen LogP contribution < -0.4 is 10.6 Å². The molecule has 1 fully saturated rings. The van der Waals surface area contributed by atoms with Gasteiger partial charge in [0.05, 0.1) is 26.3 Å². The van der Waals surface area contributed by atoms with Crippen molar-refractivity contribution in [2.45, 2.75) is 33.4 Å². The number of halogens is 2. The number of guanidine groups is 1. The van der Waals surface area contributed by atoms with E-state index in [0.717, 1.165) is 63.0 Å². The van der Waals surface area contributed by atoms with E-state index in [1.54, 1.807) is 19.1 Å². The molecule has 0 atom stereocenters. The van der Waals surface area contributed by atoms with Gasteiger partial charge in [0, 0.05) is 26.7 Å². The average Bonchev–Trinajstić information content (AvgIpc) is 3.07. The summed E-state index contributed by atoms with van der Waals surface area (Å²) >= 11 is 0. The first kappa shape index (κ1) is 25.5. The third-order valence-corrected chi connectivity index (χ3v) is 5.30. The van der Waals surface area contributed by atoms with Gasteiger partial charge >= 0.3 is 0 Å². The molecule has 2 N–H and O–H groups in total. The summed E-state index contributed by atoms with van der Waals surface area (Å²) in [6, 6.07) is 5.23. The normalized spacial score (nSPS) is 14.9. The van der Waals surface area contributed by atoms with E-state index in [1.807, 2.05) is 24.6 Å². The second kappa shape index (κ2) is 12.9. The molecule has 0 radical (unpaired) electrons. The van der Waals surface area contributed by atoms with Gasteiger partial charge in [-0.1, -0.05) is 12.1 Å². The van der Waals surface area contributed by atoms with Crippen LogP contribution in [0.1, 0.15) is 29.2 Å². The second-order valence-electron chi connectivity index (χ2n) is 7.56. The smallest absolute Gasteiger partial charge is 0.191 e. The van der Waals surface area contributed by atoms with E-state index in [-0.39, 0.29) is 29.8 Å². The molecule has 1 aromatic heterocycles. The van der Waals surface area contributed by atoms with Gasteiger partial charge in [0.15, 0.2) is 11.8 Å². The fourth-order valence-electron chi connectivity index (χ4n) is 3.18. The number of aryl methyl sites for hydroxylation is 2. The quantitative estimate of drug-likeness (QED) is 0.229. The lowest BCUT2D eigenvalue weighted by Crippen LogP contribution is -2.40. The molecule has 2 heterocycles. The van der Waals surface area contributed by atoms with Gasteiger partial charge in [0.1, 0.15) is 11.6 Å². The summed E-state index contributed by atoms with van der Waals surface area (Å²) in [5, 5.41) is 15.0.